The van der Waals surface area contributed by atoms with Crippen molar-refractivity contribution in [2.45, 2.75) is 6.42 Å². The number of nitrogens with zero attached hydrogens (tertiary/aromatic N) is 1. The molecule has 4 heteroatoms. The van der Waals surface area contributed by atoms with E-state index in [0.29, 0.717) is 13.2 Å². The summed E-state index contributed by atoms with van der Waals surface area (Å²) in [5.74, 6) is -1.29. The number of hydrogen-bond acceptors (Lipinski definition) is 2. The van der Waals surface area contributed by atoms with Gasteiger partial charge in [-0.3, -0.25) is 0 Å². The van der Waals surface area contributed by atoms with Crippen LogP contribution in [0.5, 0.6) is 0 Å². The molecule has 1 aromatic rings. The predicted molar refractivity (Wildman–Crippen MR) is 54.5 cm³/mol. The normalized spacial score (nSPS) is 17.7. The number of nitriles is 1. The van der Waals surface area contributed by atoms with Crippen LogP contribution < -0.4 is 0 Å². The van der Waals surface area contributed by atoms with Crippen LogP contribution >= 0.6 is 0 Å². The van der Waals surface area contributed by atoms with Gasteiger partial charge in [-0.25, -0.2) is 8.78 Å². The van der Waals surface area contributed by atoms with Crippen LogP contribution in [0.25, 0.3) is 6.08 Å². The van der Waals surface area contributed by atoms with Gasteiger partial charge < -0.3 is 4.74 Å². The van der Waals surface area contributed by atoms with Crippen molar-refractivity contribution in [3.05, 3.63) is 40.5 Å². The first kappa shape index (κ1) is 10.8. The molecule has 0 amide bonds. The fourth-order valence-corrected chi connectivity index (χ4v) is 1.57. The number of hydrogen-bond donors (Lipinski definition) is 0. The second-order valence-electron chi connectivity index (χ2n) is 3.57. The molecule has 0 spiro atoms. The lowest BCUT2D eigenvalue weighted by Gasteiger charge is -2.01. The Morgan fingerprint density at radius 1 is 1.31 bits per heavy atom. The summed E-state index contributed by atoms with van der Waals surface area (Å²) in [6.45, 7) is 1.08. The second-order valence-corrected chi connectivity index (χ2v) is 3.57. The molecule has 1 heterocycles. The van der Waals surface area contributed by atoms with Crippen molar-refractivity contribution in [2.24, 2.45) is 0 Å². The molecule has 16 heavy (non-hydrogen) atoms. The molecule has 1 aromatic carbocycles. The third-order valence-corrected chi connectivity index (χ3v) is 2.42. The lowest BCUT2D eigenvalue weighted by atomic mass is 10.1. The standard InChI is InChI=1S/C12H9F2NO/c13-11-5-10(6-15)12(14)4-9(11)3-8-1-2-16-7-8/h3-5H,1-2,7H2/b8-3+. The Kier molecular flexibility index (Phi) is 2.97. The predicted octanol–water partition coefficient (Wildman–Crippen LogP) is 2.64. The molecular formula is C12H9F2NO. The molecule has 1 aliphatic rings. The van der Waals surface area contributed by atoms with Gasteiger partial charge in [-0.15, -0.1) is 0 Å². The summed E-state index contributed by atoms with van der Waals surface area (Å²) in [5.41, 5.74) is 0.822. The Bertz CT molecular complexity index is 481. The van der Waals surface area contributed by atoms with E-state index in [1.807, 2.05) is 0 Å². The average Bonchev–Trinajstić information content (AvgIpc) is 2.75. The van der Waals surface area contributed by atoms with Gasteiger partial charge in [0.05, 0.1) is 18.8 Å². The van der Waals surface area contributed by atoms with Gasteiger partial charge in [-0.2, -0.15) is 5.26 Å². The second kappa shape index (κ2) is 4.42. The van der Waals surface area contributed by atoms with Crippen LogP contribution in [0.3, 0.4) is 0 Å². The quantitative estimate of drug-likeness (QED) is 0.730. The van der Waals surface area contributed by atoms with Crippen LogP contribution in [0.1, 0.15) is 17.5 Å². The minimum Gasteiger partial charge on any atom is -0.377 e. The maximum atomic E-state index is 13.5. The first-order valence-electron chi connectivity index (χ1n) is 4.87. The largest absolute Gasteiger partial charge is 0.377 e. The third-order valence-electron chi connectivity index (χ3n) is 2.42. The smallest absolute Gasteiger partial charge is 0.141 e. The lowest BCUT2D eigenvalue weighted by molar-refractivity contribution is 0.205. The molecule has 0 unspecified atom stereocenters. The van der Waals surface area contributed by atoms with Gasteiger partial charge in [0.15, 0.2) is 0 Å². The summed E-state index contributed by atoms with van der Waals surface area (Å²) in [5, 5.41) is 8.53. The van der Waals surface area contributed by atoms with E-state index in [4.69, 9.17) is 10.00 Å². The molecule has 0 bridgehead atoms. The Morgan fingerprint density at radius 2 is 2.12 bits per heavy atom. The molecule has 0 aliphatic carbocycles. The molecule has 0 saturated carbocycles. The molecule has 82 valence electrons. The van der Waals surface area contributed by atoms with Gasteiger partial charge in [-0.1, -0.05) is 6.08 Å². The fourth-order valence-electron chi connectivity index (χ4n) is 1.57. The number of halogens is 2. The van der Waals surface area contributed by atoms with E-state index in [1.54, 1.807) is 12.1 Å². The van der Waals surface area contributed by atoms with Gasteiger partial charge in [-0.05, 0) is 24.1 Å². The SMILES string of the molecule is N#Cc1cc(F)c(/C=C2\CCOC2)cc1F. The monoisotopic (exact) mass is 221 g/mol. The minimum atomic E-state index is -0.699. The lowest BCUT2D eigenvalue weighted by Crippen LogP contribution is -1.92. The zero-order chi connectivity index (χ0) is 11.5. The third kappa shape index (κ3) is 2.10. The Hall–Kier alpha value is -1.73. The highest BCUT2D eigenvalue weighted by molar-refractivity contribution is 5.56. The number of rotatable bonds is 1. The topological polar surface area (TPSA) is 33.0 Å². The molecule has 0 N–H and O–H groups in total. The first-order chi connectivity index (χ1) is 7.70. The Labute approximate surface area is 91.8 Å². The Balaban J connectivity index is 2.39. The van der Waals surface area contributed by atoms with Crippen molar-refractivity contribution in [2.75, 3.05) is 13.2 Å². The van der Waals surface area contributed by atoms with Gasteiger partial charge in [0.25, 0.3) is 0 Å². The molecule has 1 aliphatic heterocycles. The molecule has 0 aromatic heterocycles. The summed E-state index contributed by atoms with van der Waals surface area (Å²) in [6.07, 6.45) is 2.31. The fraction of sp³-hybridized carbons (Fsp3) is 0.250. The van der Waals surface area contributed by atoms with Crippen LogP contribution in [0, 0.1) is 23.0 Å². The summed E-state index contributed by atoms with van der Waals surface area (Å²) in [6, 6.07) is 3.55. The van der Waals surface area contributed by atoms with E-state index in [-0.39, 0.29) is 11.1 Å². The average molecular weight is 221 g/mol. The zero-order valence-corrected chi connectivity index (χ0v) is 8.46. The van der Waals surface area contributed by atoms with Crippen molar-refractivity contribution in [1.82, 2.24) is 0 Å². The maximum absolute atomic E-state index is 13.5. The van der Waals surface area contributed by atoms with Crippen LogP contribution in [0.15, 0.2) is 17.7 Å². The number of benzene rings is 1. The van der Waals surface area contributed by atoms with Gasteiger partial charge in [0.2, 0.25) is 0 Å². The van der Waals surface area contributed by atoms with E-state index in [2.05, 4.69) is 0 Å². The highest BCUT2D eigenvalue weighted by Gasteiger charge is 2.11. The van der Waals surface area contributed by atoms with Crippen molar-refractivity contribution in [3.8, 4) is 6.07 Å². The summed E-state index contributed by atoms with van der Waals surface area (Å²) >= 11 is 0. The zero-order valence-electron chi connectivity index (χ0n) is 8.46. The molecule has 1 fully saturated rings. The van der Waals surface area contributed by atoms with E-state index < -0.39 is 11.6 Å². The first-order valence-corrected chi connectivity index (χ1v) is 4.87. The van der Waals surface area contributed by atoms with Crippen LogP contribution in [-0.4, -0.2) is 13.2 Å². The molecule has 0 radical (unpaired) electrons. The molecule has 2 nitrogen and oxygen atoms in total. The van der Waals surface area contributed by atoms with Crippen LogP contribution in [0.4, 0.5) is 8.78 Å². The molecular weight excluding hydrogens is 212 g/mol. The van der Waals surface area contributed by atoms with Crippen molar-refractivity contribution >= 4 is 6.08 Å². The maximum Gasteiger partial charge on any atom is 0.141 e. The van der Waals surface area contributed by atoms with E-state index in [0.717, 1.165) is 24.1 Å². The highest BCUT2D eigenvalue weighted by atomic mass is 19.1. The summed E-state index contributed by atoms with van der Waals surface area (Å²) < 4.78 is 31.8. The van der Waals surface area contributed by atoms with Crippen molar-refractivity contribution < 1.29 is 13.5 Å². The molecule has 2 rings (SSSR count). The molecule has 1 saturated heterocycles. The number of ether oxygens (including phenoxy) is 1. The van der Waals surface area contributed by atoms with Gasteiger partial charge in [0, 0.05) is 5.56 Å². The van der Waals surface area contributed by atoms with Gasteiger partial charge >= 0.3 is 0 Å². The van der Waals surface area contributed by atoms with Crippen LogP contribution in [-0.2, 0) is 4.74 Å². The van der Waals surface area contributed by atoms with E-state index in [1.165, 1.54) is 0 Å². The van der Waals surface area contributed by atoms with Crippen molar-refractivity contribution in [3.63, 3.8) is 0 Å². The van der Waals surface area contributed by atoms with Crippen molar-refractivity contribution in [1.29, 1.82) is 5.26 Å². The van der Waals surface area contributed by atoms with E-state index >= 15 is 0 Å². The summed E-state index contributed by atoms with van der Waals surface area (Å²) in [7, 11) is 0. The van der Waals surface area contributed by atoms with E-state index in [9.17, 15) is 8.78 Å². The highest BCUT2D eigenvalue weighted by Crippen LogP contribution is 2.20. The minimum absolute atomic E-state index is 0.164. The Morgan fingerprint density at radius 3 is 2.75 bits per heavy atom. The summed E-state index contributed by atoms with van der Waals surface area (Å²) in [4.78, 5) is 0. The van der Waals surface area contributed by atoms with Gasteiger partial charge in [0.1, 0.15) is 17.7 Å². The van der Waals surface area contributed by atoms with Crippen LogP contribution in [0.2, 0.25) is 0 Å². The molecule has 0 atom stereocenters.